The van der Waals surface area contributed by atoms with E-state index in [9.17, 15) is 13.2 Å². The lowest BCUT2D eigenvalue weighted by Gasteiger charge is -2.24. The maximum atomic E-state index is 13.1. The van der Waals surface area contributed by atoms with E-state index >= 15 is 0 Å². The van der Waals surface area contributed by atoms with Crippen LogP contribution >= 0.6 is 11.3 Å². The van der Waals surface area contributed by atoms with E-state index in [4.69, 9.17) is 0 Å². The molecule has 0 saturated heterocycles. The van der Waals surface area contributed by atoms with E-state index in [-0.39, 0.29) is 16.8 Å². The second-order valence-corrected chi connectivity index (χ2v) is 10.1. The van der Waals surface area contributed by atoms with Crippen molar-refractivity contribution in [1.29, 1.82) is 0 Å². The first-order chi connectivity index (χ1) is 14.8. The summed E-state index contributed by atoms with van der Waals surface area (Å²) in [7, 11) is 0.232. The number of benzene rings is 2. The minimum Gasteiger partial charge on any atom is -0.350 e. The SMILES string of the molecule is CCN(c1ccccc1)S(=O)(=O)c1ccc(C(=O)NC[C@@H](c2cccs2)N(C)C)cc1. The molecule has 1 aromatic heterocycles. The van der Waals surface area contributed by atoms with E-state index in [1.807, 2.05) is 37.7 Å². The standard InChI is InChI=1S/C23H27N3O3S2/c1-4-26(19-9-6-5-7-10-19)31(28,29)20-14-12-18(13-15-20)23(27)24-17-21(25(2)3)22-11-8-16-30-22/h5-16,21H,4,17H2,1-3H3,(H,24,27)/t21-/m0/s1. The van der Waals surface area contributed by atoms with Gasteiger partial charge in [0.05, 0.1) is 16.6 Å². The van der Waals surface area contributed by atoms with Gasteiger partial charge in [-0.25, -0.2) is 8.42 Å². The molecule has 0 aliphatic heterocycles. The van der Waals surface area contributed by atoms with Gasteiger partial charge in [-0.3, -0.25) is 9.10 Å². The molecule has 0 fully saturated rings. The third-order valence-electron chi connectivity index (χ3n) is 4.99. The van der Waals surface area contributed by atoms with Gasteiger partial charge in [-0.15, -0.1) is 11.3 Å². The molecule has 0 saturated carbocycles. The highest BCUT2D eigenvalue weighted by Gasteiger charge is 2.24. The Morgan fingerprint density at radius 2 is 1.68 bits per heavy atom. The van der Waals surface area contributed by atoms with Crippen molar-refractivity contribution in [2.75, 3.05) is 31.5 Å². The lowest BCUT2D eigenvalue weighted by atomic mass is 10.2. The second-order valence-electron chi connectivity index (χ2n) is 7.23. The van der Waals surface area contributed by atoms with Gasteiger partial charge in [0.1, 0.15) is 0 Å². The van der Waals surface area contributed by atoms with Crippen LogP contribution in [0.3, 0.4) is 0 Å². The van der Waals surface area contributed by atoms with Crippen molar-refractivity contribution in [3.63, 3.8) is 0 Å². The number of amides is 1. The van der Waals surface area contributed by atoms with Gasteiger partial charge in [-0.2, -0.15) is 0 Å². The molecule has 8 heteroatoms. The molecule has 1 N–H and O–H groups in total. The number of rotatable bonds is 9. The molecule has 3 aromatic rings. The Balaban J connectivity index is 1.72. The molecule has 1 amide bonds. The quantitative estimate of drug-likeness (QED) is 0.527. The summed E-state index contributed by atoms with van der Waals surface area (Å²) in [4.78, 5) is 16.0. The highest BCUT2D eigenvalue weighted by Crippen LogP contribution is 2.24. The number of nitrogens with zero attached hydrogens (tertiary/aromatic N) is 2. The molecule has 1 heterocycles. The predicted molar refractivity (Wildman–Crippen MR) is 126 cm³/mol. The number of nitrogens with one attached hydrogen (secondary N) is 1. The molecule has 3 rings (SSSR count). The number of thiophene rings is 1. The molecule has 0 spiro atoms. The molecule has 31 heavy (non-hydrogen) atoms. The number of sulfonamides is 1. The zero-order valence-electron chi connectivity index (χ0n) is 17.9. The van der Waals surface area contributed by atoms with E-state index in [0.717, 1.165) is 0 Å². The summed E-state index contributed by atoms with van der Waals surface area (Å²) in [6, 6.07) is 19.2. The highest BCUT2D eigenvalue weighted by molar-refractivity contribution is 7.92. The summed E-state index contributed by atoms with van der Waals surface area (Å²) in [6.07, 6.45) is 0. The number of hydrogen-bond acceptors (Lipinski definition) is 5. The Kier molecular flexibility index (Phi) is 7.48. The van der Waals surface area contributed by atoms with Gasteiger partial charge in [0.2, 0.25) is 0 Å². The minimum absolute atomic E-state index is 0.0765. The van der Waals surface area contributed by atoms with Crippen molar-refractivity contribution < 1.29 is 13.2 Å². The first-order valence-electron chi connectivity index (χ1n) is 10.0. The van der Waals surface area contributed by atoms with E-state index in [1.54, 1.807) is 54.7 Å². The summed E-state index contributed by atoms with van der Waals surface area (Å²) in [5.74, 6) is -0.234. The summed E-state index contributed by atoms with van der Waals surface area (Å²) in [6.45, 7) is 2.56. The zero-order valence-corrected chi connectivity index (χ0v) is 19.5. The fraction of sp³-hybridized carbons (Fsp3) is 0.261. The lowest BCUT2D eigenvalue weighted by Crippen LogP contribution is -2.34. The Bertz CT molecular complexity index is 1080. The van der Waals surface area contributed by atoms with Crippen LogP contribution < -0.4 is 9.62 Å². The molecular formula is C23H27N3O3S2. The molecule has 0 aliphatic rings. The molecule has 0 aliphatic carbocycles. The van der Waals surface area contributed by atoms with E-state index in [0.29, 0.717) is 24.3 Å². The van der Waals surface area contributed by atoms with Gasteiger partial charge in [0.25, 0.3) is 15.9 Å². The van der Waals surface area contributed by atoms with Crippen LogP contribution in [-0.4, -0.2) is 46.4 Å². The molecule has 0 bridgehead atoms. The summed E-state index contributed by atoms with van der Waals surface area (Å²) < 4.78 is 27.5. The fourth-order valence-electron chi connectivity index (χ4n) is 3.30. The molecule has 0 radical (unpaired) electrons. The van der Waals surface area contributed by atoms with E-state index in [2.05, 4.69) is 10.2 Å². The number of para-hydroxylation sites is 1. The van der Waals surface area contributed by atoms with Crippen LogP contribution in [0.2, 0.25) is 0 Å². The average molecular weight is 458 g/mol. The van der Waals surface area contributed by atoms with E-state index in [1.165, 1.54) is 21.3 Å². The van der Waals surface area contributed by atoms with Crippen LogP contribution in [0.25, 0.3) is 0 Å². The summed E-state index contributed by atoms with van der Waals surface area (Å²) >= 11 is 1.65. The maximum Gasteiger partial charge on any atom is 0.264 e. The third-order valence-corrected chi connectivity index (χ3v) is 7.88. The highest BCUT2D eigenvalue weighted by atomic mass is 32.2. The van der Waals surface area contributed by atoms with Crippen molar-refractivity contribution in [1.82, 2.24) is 10.2 Å². The van der Waals surface area contributed by atoms with Crippen molar-refractivity contribution in [2.45, 2.75) is 17.9 Å². The second kappa shape index (κ2) is 10.1. The number of likely N-dealkylation sites (N-methyl/N-ethyl adjacent to an activating group) is 1. The van der Waals surface area contributed by atoms with Crippen LogP contribution in [0.5, 0.6) is 0 Å². The number of anilines is 1. The van der Waals surface area contributed by atoms with Gasteiger partial charge < -0.3 is 10.2 Å². The molecule has 6 nitrogen and oxygen atoms in total. The Hall–Kier alpha value is -2.68. The van der Waals surface area contributed by atoms with Crippen LogP contribution in [0.1, 0.15) is 28.2 Å². The fourth-order valence-corrected chi connectivity index (χ4v) is 5.70. The number of carbonyl (C=O) groups is 1. The predicted octanol–water partition coefficient (Wildman–Crippen LogP) is 4.00. The molecule has 2 aromatic carbocycles. The summed E-state index contributed by atoms with van der Waals surface area (Å²) in [5.41, 5.74) is 1.03. The maximum absolute atomic E-state index is 13.1. The van der Waals surface area contributed by atoms with Gasteiger partial charge in [0.15, 0.2) is 0 Å². The first kappa shape index (κ1) is 23.0. The topological polar surface area (TPSA) is 69.7 Å². The third kappa shape index (κ3) is 5.33. The number of hydrogen-bond donors (Lipinski definition) is 1. The zero-order chi connectivity index (χ0) is 22.4. The van der Waals surface area contributed by atoms with E-state index < -0.39 is 10.0 Å². The number of carbonyl (C=O) groups excluding carboxylic acids is 1. The largest absolute Gasteiger partial charge is 0.350 e. The minimum atomic E-state index is -3.72. The van der Waals surface area contributed by atoms with Crippen LogP contribution in [-0.2, 0) is 10.0 Å². The smallest absolute Gasteiger partial charge is 0.264 e. The molecule has 0 unspecified atom stereocenters. The Labute approximate surface area is 188 Å². The molecular weight excluding hydrogens is 430 g/mol. The van der Waals surface area contributed by atoms with Crippen LogP contribution in [0, 0.1) is 0 Å². The van der Waals surface area contributed by atoms with Crippen LogP contribution in [0.4, 0.5) is 5.69 Å². The van der Waals surface area contributed by atoms with Crippen molar-refractivity contribution in [2.24, 2.45) is 0 Å². The lowest BCUT2D eigenvalue weighted by molar-refractivity contribution is 0.0942. The summed E-state index contributed by atoms with van der Waals surface area (Å²) in [5, 5.41) is 4.97. The van der Waals surface area contributed by atoms with Crippen molar-refractivity contribution >= 4 is 33.0 Å². The average Bonchev–Trinajstić information content (AvgIpc) is 3.29. The van der Waals surface area contributed by atoms with Gasteiger partial charge in [-0.1, -0.05) is 24.3 Å². The first-order valence-corrected chi connectivity index (χ1v) is 12.3. The van der Waals surface area contributed by atoms with Gasteiger partial charge >= 0.3 is 0 Å². The Morgan fingerprint density at radius 3 is 2.23 bits per heavy atom. The van der Waals surface area contributed by atoms with Crippen LogP contribution in [0.15, 0.2) is 77.0 Å². The normalized spacial score (nSPS) is 12.5. The van der Waals surface area contributed by atoms with Crippen molar-refractivity contribution in [3.05, 3.63) is 82.6 Å². The molecule has 164 valence electrons. The molecule has 1 atom stereocenters. The van der Waals surface area contributed by atoms with Gasteiger partial charge in [0, 0.05) is 23.5 Å². The van der Waals surface area contributed by atoms with Gasteiger partial charge in [-0.05, 0) is 68.9 Å². The van der Waals surface area contributed by atoms with Crippen molar-refractivity contribution in [3.8, 4) is 0 Å². The Morgan fingerprint density at radius 1 is 1.00 bits per heavy atom. The monoisotopic (exact) mass is 457 g/mol.